The number of benzene rings is 2. The fraction of sp³-hybridized carbons (Fsp3) is 0.371. The second kappa shape index (κ2) is 17.9. The Balaban J connectivity index is 0.000000215. The van der Waals surface area contributed by atoms with Crippen molar-refractivity contribution in [2.45, 2.75) is 53.4 Å². The molecule has 0 aliphatic heterocycles. The fourth-order valence-corrected chi connectivity index (χ4v) is 5.12. The normalized spacial score (nSPS) is 12.6. The van der Waals surface area contributed by atoms with E-state index in [1.165, 1.54) is 28.8 Å². The molecule has 0 radical (unpaired) electrons. The molecule has 216 valence electrons. The summed E-state index contributed by atoms with van der Waals surface area (Å²) in [6.45, 7) is 11.2. The molecule has 1 unspecified atom stereocenters. The van der Waals surface area contributed by atoms with Gasteiger partial charge in [0.15, 0.2) is 0 Å². The second-order valence-electron chi connectivity index (χ2n) is 9.65. The van der Waals surface area contributed by atoms with E-state index in [1.807, 2.05) is 38.1 Å². The highest BCUT2D eigenvalue weighted by Crippen LogP contribution is 2.38. The van der Waals surface area contributed by atoms with Crippen molar-refractivity contribution in [2.75, 3.05) is 19.7 Å². The van der Waals surface area contributed by atoms with Crippen LogP contribution in [0.4, 0.5) is 0 Å². The molecule has 0 saturated heterocycles. The first kappa shape index (κ1) is 31.9. The van der Waals surface area contributed by atoms with E-state index in [1.54, 1.807) is 29.7 Å². The quantitative estimate of drug-likeness (QED) is 0.184. The molecule has 0 spiro atoms. The summed E-state index contributed by atoms with van der Waals surface area (Å²) in [6.07, 6.45) is 6.53. The van der Waals surface area contributed by atoms with Crippen LogP contribution < -0.4 is 14.8 Å². The van der Waals surface area contributed by atoms with Gasteiger partial charge in [0.25, 0.3) is 0 Å². The molecule has 0 amide bonds. The molecule has 2 aromatic carbocycles. The van der Waals surface area contributed by atoms with Crippen LogP contribution in [-0.4, -0.2) is 24.7 Å². The molecule has 1 saturated carbocycles. The van der Waals surface area contributed by atoms with E-state index in [-0.39, 0.29) is 0 Å². The predicted molar refractivity (Wildman–Crippen MR) is 171 cm³/mol. The van der Waals surface area contributed by atoms with Crippen LogP contribution in [-0.2, 0) is 6.42 Å². The van der Waals surface area contributed by atoms with Gasteiger partial charge in [0.2, 0.25) is 5.88 Å². The first-order valence-electron chi connectivity index (χ1n) is 14.8. The number of ether oxygens (including phenoxy) is 2. The standard InChI is InChI=1S/C18H23NOS.C15H14N2O.C2H6/c1-2-19-12-15(14-9-10-14)13-20-17-7-4-3-6-16(17)18-8-5-11-21-18;1-2-4-12-6-8-14(9-7-12)18-15-13(11-16)5-3-10-17-15;1-2/h3-8,11,14-15,19H,2,9-10,12-13H2,1H3;3,5-10H,2,4H2,1H3;1-2H3. The molecule has 41 heavy (non-hydrogen) atoms. The maximum absolute atomic E-state index is 8.94. The zero-order chi connectivity index (χ0) is 29.3. The molecule has 0 bridgehead atoms. The van der Waals surface area contributed by atoms with E-state index in [2.05, 4.69) is 72.0 Å². The van der Waals surface area contributed by atoms with Crippen LogP contribution in [0.25, 0.3) is 10.4 Å². The molecule has 2 heterocycles. The monoisotopic (exact) mass is 569 g/mol. The molecule has 5 rings (SSSR count). The summed E-state index contributed by atoms with van der Waals surface area (Å²) in [7, 11) is 0. The number of hydrogen-bond acceptors (Lipinski definition) is 6. The average molecular weight is 570 g/mol. The van der Waals surface area contributed by atoms with E-state index in [4.69, 9.17) is 14.7 Å². The van der Waals surface area contributed by atoms with Gasteiger partial charge in [-0.25, -0.2) is 4.98 Å². The van der Waals surface area contributed by atoms with Crippen molar-refractivity contribution >= 4 is 11.3 Å². The third-order valence-electron chi connectivity index (χ3n) is 6.64. The number of aryl methyl sites for hydroxylation is 1. The lowest BCUT2D eigenvalue weighted by Crippen LogP contribution is -2.28. The molecular formula is C35H43N3O2S. The van der Waals surface area contributed by atoms with Crippen LogP contribution in [0.15, 0.2) is 84.4 Å². The Bertz CT molecular complexity index is 1310. The maximum atomic E-state index is 8.94. The number of nitrogens with one attached hydrogen (secondary N) is 1. The number of pyridine rings is 1. The zero-order valence-corrected chi connectivity index (χ0v) is 25.6. The average Bonchev–Trinajstić information content (AvgIpc) is 3.72. The Kier molecular flexibility index (Phi) is 13.9. The Morgan fingerprint density at radius 1 is 1.00 bits per heavy atom. The summed E-state index contributed by atoms with van der Waals surface area (Å²) in [5.41, 5.74) is 2.94. The number of para-hydroxylation sites is 1. The minimum absolute atomic E-state index is 0.350. The van der Waals surface area contributed by atoms with Gasteiger partial charge in [0, 0.05) is 29.1 Å². The molecule has 1 aliphatic carbocycles. The van der Waals surface area contributed by atoms with Crippen molar-refractivity contribution in [1.29, 1.82) is 5.26 Å². The van der Waals surface area contributed by atoms with Crippen LogP contribution in [0.2, 0.25) is 0 Å². The number of rotatable bonds is 12. The highest BCUT2D eigenvalue weighted by molar-refractivity contribution is 7.13. The van der Waals surface area contributed by atoms with E-state index >= 15 is 0 Å². The highest BCUT2D eigenvalue weighted by atomic mass is 32.1. The molecule has 1 aliphatic rings. The third kappa shape index (κ3) is 10.4. The van der Waals surface area contributed by atoms with Gasteiger partial charge in [-0.15, -0.1) is 11.3 Å². The summed E-state index contributed by atoms with van der Waals surface area (Å²) in [6, 6.07) is 26.0. The van der Waals surface area contributed by atoms with Crippen LogP contribution >= 0.6 is 11.3 Å². The van der Waals surface area contributed by atoms with E-state index in [0.29, 0.717) is 23.1 Å². The molecule has 4 aromatic rings. The van der Waals surface area contributed by atoms with Crippen LogP contribution in [0.5, 0.6) is 17.4 Å². The molecule has 5 nitrogen and oxygen atoms in total. The lowest BCUT2D eigenvalue weighted by Gasteiger charge is -2.18. The van der Waals surface area contributed by atoms with Gasteiger partial charge in [-0.05, 0) is 85.1 Å². The first-order valence-corrected chi connectivity index (χ1v) is 15.7. The van der Waals surface area contributed by atoms with Gasteiger partial charge in [-0.3, -0.25) is 0 Å². The van der Waals surface area contributed by atoms with Gasteiger partial charge >= 0.3 is 0 Å². The molecule has 1 N–H and O–H groups in total. The second-order valence-corrected chi connectivity index (χ2v) is 10.6. The van der Waals surface area contributed by atoms with E-state index in [9.17, 15) is 0 Å². The van der Waals surface area contributed by atoms with Crippen molar-refractivity contribution in [3.63, 3.8) is 0 Å². The van der Waals surface area contributed by atoms with Crippen LogP contribution in [0.1, 0.15) is 58.1 Å². The predicted octanol–water partition coefficient (Wildman–Crippen LogP) is 9.15. The molecule has 6 heteroatoms. The lowest BCUT2D eigenvalue weighted by molar-refractivity contribution is 0.228. The fourth-order valence-electron chi connectivity index (χ4n) is 4.37. The number of thiophene rings is 1. The summed E-state index contributed by atoms with van der Waals surface area (Å²) in [5, 5.41) is 14.5. The van der Waals surface area contributed by atoms with E-state index < -0.39 is 0 Å². The number of nitriles is 1. The molecular weight excluding hydrogens is 526 g/mol. The molecule has 2 aromatic heterocycles. The number of hydrogen-bond donors (Lipinski definition) is 1. The Morgan fingerprint density at radius 3 is 2.44 bits per heavy atom. The van der Waals surface area contributed by atoms with Crippen molar-refractivity contribution in [2.24, 2.45) is 11.8 Å². The Hall–Kier alpha value is -3.66. The van der Waals surface area contributed by atoms with Crippen molar-refractivity contribution in [3.8, 4) is 33.9 Å². The zero-order valence-electron chi connectivity index (χ0n) is 24.8. The SMILES string of the molecule is CC.CCCc1ccc(Oc2ncccc2C#N)cc1.CCNCC(COc1ccccc1-c1cccs1)C1CC1. The van der Waals surface area contributed by atoms with Crippen molar-refractivity contribution in [3.05, 3.63) is 95.5 Å². The number of nitrogens with zero attached hydrogens (tertiary/aromatic N) is 2. The molecule has 1 atom stereocenters. The van der Waals surface area contributed by atoms with Crippen molar-refractivity contribution < 1.29 is 9.47 Å². The first-order chi connectivity index (χ1) is 20.2. The summed E-state index contributed by atoms with van der Waals surface area (Å²) in [4.78, 5) is 5.34. The minimum atomic E-state index is 0.350. The smallest absolute Gasteiger partial charge is 0.237 e. The Morgan fingerprint density at radius 2 is 1.78 bits per heavy atom. The summed E-state index contributed by atoms with van der Waals surface area (Å²) in [5.74, 6) is 3.56. The van der Waals surface area contributed by atoms with Crippen molar-refractivity contribution in [1.82, 2.24) is 10.3 Å². The topological polar surface area (TPSA) is 67.2 Å². The van der Waals surface area contributed by atoms with Gasteiger partial charge in [-0.1, -0.05) is 64.4 Å². The Labute approximate surface area is 250 Å². The highest BCUT2D eigenvalue weighted by Gasteiger charge is 2.31. The minimum Gasteiger partial charge on any atom is -0.493 e. The lowest BCUT2D eigenvalue weighted by atomic mass is 10.1. The van der Waals surface area contributed by atoms with E-state index in [0.717, 1.165) is 44.2 Å². The third-order valence-corrected chi connectivity index (χ3v) is 7.54. The number of aromatic nitrogens is 1. The summed E-state index contributed by atoms with van der Waals surface area (Å²) >= 11 is 1.76. The van der Waals surface area contributed by atoms with Gasteiger partial charge in [0.1, 0.15) is 23.1 Å². The van der Waals surface area contributed by atoms with Gasteiger partial charge < -0.3 is 14.8 Å². The van der Waals surface area contributed by atoms with Gasteiger partial charge in [-0.2, -0.15) is 5.26 Å². The van der Waals surface area contributed by atoms with Crippen LogP contribution in [0.3, 0.4) is 0 Å². The van der Waals surface area contributed by atoms with Gasteiger partial charge in [0.05, 0.1) is 6.61 Å². The largest absolute Gasteiger partial charge is 0.493 e. The summed E-state index contributed by atoms with van der Waals surface area (Å²) < 4.78 is 11.8. The van der Waals surface area contributed by atoms with Crippen LogP contribution in [0, 0.1) is 23.2 Å². The molecule has 1 fully saturated rings. The maximum Gasteiger partial charge on any atom is 0.237 e.